The van der Waals surface area contributed by atoms with Gasteiger partial charge in [0.05, 0.1) is 50.7 Å². The van der Waals surface area contributed by atoms with Gasteiger partial charge in [-0.05, 0) is 69.8 Å². The molecule has 0 N–H and O–H groups in total. The second-order valence-corrected chi connectivity index (χ2v) is 9.14. The van der Waals surface area contributed by atoms with Gasteiger partial charge in [-0.1, -0.05) is 60.7 Å². The van der Waals surface area contributed by atoms with E-state index in [9.17, 15) is 19.2 Å². The Labute approximate surface area is 243 Å². The van der Waals surface area contributed by atoms with Gasteiger partial charge in [0.2, 0.25) is 0 Å². The Bertz CT molecular complexity index is 1470. The van der Waals surface area contributed by atoms with Crippen LogP contribution in [0.4, 0.5) is 0 Å². The first-order valence-electron chi connectivity index (χ1n) is 12.8. The fourth-order valence-corrected chi connectivity index (χ4v) is 4.30. The average Bonchev–Trinajstić information content (AvgIpc) is 3.05. The van der Waals surface area contributed by atoms with Gasteiger partial charge in [0.25, 0.3) is 0 Å². The molecule has 0 aromatic heterocycles. The molecule has 0 spiro atoms. The van der Waals surface area contributed by atoms with Gasteiger partial charge in [0.15, 0.2) is 0 Å². The van der Waals surface area contributed by atoms with Crippen molar-refractivity contribution in [1.82, 2.24) is 0 Å². The van der Waals surface area contributed by atoms with E-state index in [4.69, 9.17) is 18.9 Å². The summed E-state index contributed by atoms with van der Waals surface area (Å²) < 4.78 is 19.3. The first kappa shape index (κ1) is 29.5. The zero-order valence-electron chi connectivity index (χ0n) is 23.5. The second-order valence-electron chi connectivity index (χ2n) is 9.14. The lowest BCUT2D eigenvalue weighted by molar-refractivity contribution is 0.0581. The molecule has 0 amide bonds. The summed E-state index contributed by atoms with van der Waals surface area (Å²) >= 11 is 0. The van der Waals surface area contributed by atoms with Gasteiger partial charge >= 0.3 is 23.9 Å². The lowest BCUT2D eigenvalue weighted by atomic mass is 9.98. The van der Waals surface area contributed by atoms with E-state index in [1.54, 1.807) is 24.3 Å². The van der Waals surface area contributed by atoms with Gasteiger partial charge in [0.1, 0.15) is 0 Å². The third kappa shape index (κ3) is 6.79. The molecule has 0 aliphatic heterocycles. The predicted octanol–water partition coefficient (Wildman–Crippen LogP) is 6.34. The third-order valence-electron chi connectivity index (χ3n) is 6.51. The van der Waals surface area contributed by atoms with E-state index in [0.717, 1.165) is 22.3 Å². The number of methoxy groups -OCH3 is 4. The number of rotatable bonds is 8. The summed E-state index contributed by atoms with van der Waals surface area (Å²) in [7, 11) is 5.13. The van der Waals surface area contributed by atoms with Crippen LogP contribution in [0.25, 0.3) is 34.4 Å². The van der Waals surface area contributed by atoms with E-state index in [-0.39, 0.29) is 22.3 Å². The molecular formula is C34H28O8. The lowest BCUT2D eigenvalue weighted by Crippen LogP contribution is -2.07. The second kappa shape index (κ2) is 13.2. The van der Waals surface area contributed by atoms with Crippen molar-refractivity contribution >= 4 is 36.0 Å². The Morgan fingerprint density at radius 3 is 0.905 bits per heavy atom. The van der Waals surface area contributed by atoms with Crippen molar-refractivity contribution in [2.45, 2.75) is 0 Å². The summed E-state index contributed by atoms with van der Waals surface area (Å²) in [5.41, 5.74) is 5.86. The molecule has 42 heavy (non-hydrogen) atoms. The highest BCUT2D eigenvalue weighted by atomic mass is 16.5. The van der Waals surface area contributed by atoms with Gasteiger partial charge in [0, 0.05) is 0 Å². The predicted molar refractivity (Wildman–Crippen MR) is 158 cm³/mol. The molecule has 4 aromatic rings. The maximum Gasteiger partial charge on any atom is 0.337 e. The van der Waals surface area contributed by atoms with Crippen molar-refractivity contribution in [3.05, 3.63) is 118 Å². The van der Waals surface area contributed by atoms with Gasteiger partial charge < -0.3 is 18.9 Å². The van der Waals surface area contributed by atoms with Crippen LogP contribution in [0, 0.1) is 0 Å². The van der Waals surface area contributed by atoms with Crippen LogP contribution in [0.2, 0.25) is 0 Å². The van der Waals surface area contributed by atoms with Gasteiger partial charge in [-0.25, -0.2) is 19.2 Å². The highest BCUT2D eigenvalue weighted by Crippen LogP contribution is 2.26. The molecule has 4 aromatic carbocycles. The van der Waals surface area contributed by atoms with E-state index in [1.807, 2.05) is 60.7 Å². The molecule has 0 fully saturated rings. The SMILES string of the molecule is COC(=O)c1cc(C(=O)OC)cc(-c2ccc(/C=C/c3ccc(-c4cc(C(=O)OC)cc(C(=O)OC)c4)cc3)cc2)c1. The molecule has 8 nitrogen and oxygen atoms in total. The molecule has 0 bridgehead atoms. The van der Waals surface area contributed by atoms with Crippen LogP contribution in [0.5, 0.6) is 0 Å². The number of ether oxygens (including phenoxy) is 4. The van der Waals surface area contributed by atoms with Crippen LogP contribution >= 0.6 is 0 Å². The van der Waals surface area contributed by atoms with Gasteiger partial charge in [-0.3, -0.25) is 0 Å². The molecule has 0 heterocycles. The molecular weight excluding hydrogens is 536 g/mol. The Morgan fingerprint density at radius 2 is 0.667 bits per heavy atom. The van der Waals surface area contributed by atoms with E-state index in [0.29, 0.717) is 11.1 Å². The average molecular weight is 565 g/mol. The molecule has 4 rings (SSSR count). The highest BCUT2D eigenvalue weighted by molar-refractivity contribution is 5.98. The topological polar surface area (TPSA) is 105 Å². The summed E-state index contributed by atoms with van der Waals surface area (Å²) in [4.78, 5) is 48.5. The fourth-order valence-electron chi connectivity index (χ4n) is 4.30. The summed E-state index contributed by atoms with van der Waals surface area (Å²) in [6, 6.07) is 24.8. The maximum absolute atomic E-state index is 12.1. The molecule has 0 unspecified atom stereocenters. The summed E-state index contributed by atoms with van der Waals surface area (Å²) in [6.45, 7) is 0. The van der Waals surface area contributed by atoms with Crippen LogP contribution in [-0.4, -0.2) is 52.3 Å². The van der Waals surface area contributed by atoms with Crippen molar-refractivity contribution in [3.8, 4) is 22.3 Å². The van der Waals surface area contributed by atoms with Crippen molar-refractivity contribution in [1.29, 1.82) is 0 Å². The highest BCUT2D eigenvalue weighted by Gasteiger charge is 2.16. The van der Waals surface area contributed by atoms with E-state index < -0.39 is 23.9 Å². The number of carbonyl (C=O) groups excluding carboxylic acids is 4. The van der Waals surface area contributed by atoms with Crippen molar-refractivity contribution in [2.75, 3.05) is 28.4 Å². The van der Waals surface area contributed by atoms with Crippen molar-refractivity contribution in [3.63, 3.8) is 0 Å². The Balaban J connectivity index is 1.55. The summed E-state index contributed by atoms with van der Waals surface area (Å²) in [6.07, 6.45) is 3.91. The number of benzene rings is 4. The normalized spacial score (nSPS) is 10.7. The minimum Gasteiger partial charge on any atom is -0.465 e. The maximum atomic E-state index is 12.1. The largest absolute Gasteiger partial charge is 0.465 e. The van der Waals surface area contributed by atoms with Gasteiger partial charge in [-0.2, -0.15) is 0 Å². The molecule has 0 saturated heterocycles. The molecule has 212 valence electrons. The monoisotopic (exact) mass is 564 g/mol. The number of esters is 4. The zero-order chi connectivity index (χ0) is 30.2. The number of hydrogen-bond acceptors (Lipinski definition) is 8. The standard InChI is InChI=1S/C34H28O8/c1-39-31(35)27-15-25(16-28(19-27)32(36)40-2)23-11-7-21(8-12-23)5-6-22-9-13-24(14-10-22)26-17-29(33(37)41-3)20-30(18-26)34(38)42-4/h5-20H,1-4H3/b6-5+. The first-order valence-corrected chi connectivity index (χ1v) is 12.8. The Morgan fingerprint density at radius 1 is 0.405 bits per heavy atom. The van der Waals surface area contributed by atoms with Crippen molar-refractivity contribution in [2.24, 2.45) is 0 Å². The van der Waals surface area contributed by atoms with Crippen LogP contribution < -0.4 is 0 Å². The number of hydrogen-bond donors (Lipinski definition) is 0. The fraction of sp³-hybridized carbons (Fsp3) is 0.118. The Hall–Kier alpha value is -5.50. The van der Waals surface area contributed by atoms with Gasteiger partial charge in [-0.15, -0.1) is 0 Å². The molecule has 0 aliphatic carbocycles. The van der Waals surface area contributed by atoms with E-state index in [1.165, 1.54) is 40.6 Å². The third-order valence-corrected chi connectivity index (χ3v) is 6.51. The van der Waals surface area contributed by atoms with E-state index in [2.05, 4.69) is 0 Å². The number of carbonyl (C=O) groups is 4. The minimum absolute atomic E-state index is 0.251. The molecule has 8 heteroatoms. The smallest absolute Gasteiger partial charge is 0.337 e. The quantitative estimate of drug-likeness (QED) is 0.139. The minimum atomic E-state index is -0.548. The van der Waals surface area contributed by atoms with Crippen LogP contribution in [0.15, 0.2) is 84.9 Å². The molecule has 0 saturated carbocycles. The van der Waals surface area contributed by atoms with Crippen molar-refractivity contribution < 1.29 is 38.1 Å². The van der Waals surface area contributed by atoms with Crippen LogP contribution in [0.1, 0.15) is 52.6 Å². The lowest BCUT2D eigenvalue weighted by Gasteiger charge is -2.09. The summed E-state index contributed by atoms with van der Waals surface area (Å²) in [5.74, 6) is -2.19. The first-order chi connectivity index (χ1) is 20.3. The molecule has 0 atom stereocenters. The summed E-state index contributed by atoms with van der Waals surface area (Å²) in [5, 5.41) is 0. The van der Waals surface area contributed by atoms with Crippen LogP contribution in [-0.2, 0) is 18.9 Å². The van der Waals surface area contributed by atoms with Crippen LogP contribution in [0.3, 0.4) is 0 Å². The van der Waals surface area contributed by atoms with E-state index >= 15 is 0 Å². The zero-order valence-corrected chi connectivity index (χ0v) is 23.5. The molecule has 0 aliphatic rings. The molecule has 0 radical (unpaired) electrons. The Kier molecular flexibility index (Phi) is 9.29.